The number of rotatable bonds is 4. The molecule has 0 spiro atoms. The smallest absolute Gasteiger partial charge is 0.399 e. The van der Waals surface area contributed by atoms with E-state index in [1.54, 1.807) is 24.3 Å². The second-order valence-corrected chi connectivity index (χ2v) is 11.9. The number of hydrogen-bond acceptors (Lipinski definition) is 3. The van der Waals surface area contributed by atoms with Crippen molar-refractivity contribution in [3.63, 3.8) is 0 Å². The fourth-order valence-electron chi connectivity index (χ4n) is 2.98. The lowest BCUT2D eigenvalue weighted by molar-refractivity contribution is -0.137. The Morgan fingerprint density at radius 1 is 1.03 bits per heavy atom. The van der Waals surface area contributed by atoms with Crippen LogP contribution in [0.2, 0.25) is 0 Å². The van der Waals surface area contributed by atoms with E-state index in [9.17, 15) is 17.4 Å². The van der Waals surface area contributed by atoms with E-state index < -0.39 is 51.8 Å². The molecule has 0 radical (unpaired) electrons. The molecule has 1 aliphatic rings. The molecule has 1 fully saturated rings. The van der Waals surface area contributed by atoms with E-state index in [1.807, 2.05) is 48.5 Å². The Morgan fingerprint density at radius 2 is 1.52 bits per heavy atom. The zero-order valence-corrected chi connectivity index (χ0v) is 19.4. The normalized spacial score (nSPS) is 21.5. The highest BCUT2D eigenvalue weighted by Crippen LogP contribution is 2.38. The van der Waals surface area contributed by atoms with Crippen LogP contribution in [0.25, 0.3) is 0 Å². The molecule has 1 unspecified atom stereocenters. The van der Waals surface area contributed by atoms with E-state index in [0.29, 0.717) is 11.0 Å². The lowest BCUT2D eigenvalue weighted by Crippen LogP contribution is -2.41. The summed E-state index contributed by atoms with van der Waals surface area (Å²) >= 11 is 0. The Kier molecular flexibility index (Phi) is 6.44. The van der Waals surface area contributed by atoms with Crippen LogP contribution >= 0.6 is 0 Å². The molecule has 2 rings (SSSR count). The van der Waals surface area contributed by atoms with Gasteiger partial charge >= 0.3 is 13.3 Å². The van der Waals surface area contributed by atoms with Crippen molar-refractivity contribution in [2.75, 3.05) is 7.05 Å². The molecular formula is C20H31BF3NO3S. The van der Waals surface area contributed by atoms with Gasteiger partial charge in [-0.1, -0.05) is 12.1 Å². The Hall–Kier alpha value is -0.895. The van der Waals surface area contributed by atoms with Crippen molar-refractivity contribution < 1.29 is 26.7 Å². The first-order chi connectivity index (χ1) is 12.9. The van der Waals surface area contributed by atoms with Gasteiger partial charge in [-0.15, -0.1) is 0 Å². The third-order valence-corrected chi connectivity index (χ3v) is 7.53. The molecule has 1 saturated heterocycles. The van der Waals surface area contributed by atoms with Crippen LogP contribution in [0.15, 0.2) is 18.2 Å². The predicted molar refractivity (Wildman–Crippen MR) is 111 cm³/mol. The third kappa shape index (κ3) is 5.06. The second-order valence-electron chi connectivity index (χ2n) is 9.56. The fourth-order valence-corrected chi connectivity index (χ4v) is 4.26. The van der Waals surface area contributed by atoms with Gasteiger partial charge in [0.15, 0.2) is 0 Å². The van der Waals surface area contributed by atoms with Crippen LogP contribution < -0.4 is 5.46 Å². The van der Waals surface area contributed by atoms with Gasteiger partial charge in [-0.3, -0.25) is 0 Å². The minimum absolute atomic E-state index is 0.301. The third-order valence-electron chi connectivity index (χ3n) is 5.64. The summed E-state index contributed by atoms with van der Waals surface area (Å²) in [7, 11) is -0.641. The SMILES string of the molecule is C[C@H](c1cc(B2OC(C)(C)C(C)(C)O2)cc(C(F)(F)F)c1)N(C)S(=O)C(C)(C)C. The zero-order chi connectivity index (χ0) is 22.6. The number of benzene rings is 1. The summed E-state index contributed by atoms with van der Waals surface area (Å²) in [5.41, 5.74) is -1.40. The lowest BCUT2D eigenvalue weighted by Gasteiger charge is -2.32. The van der Waals surface area contributed by atoms with Crippen molar-refractivity contribution in [2.45, 2.75) is 83.6 Å². The van der Waals surface area contributed by atoms with Crippen molar-refractivity contribution in [3.8, 4) is 0 Å². The van der Waals surface area contributed by atoms with Crippen LogP contribution in [0, 0.1) is 0 Å². The molecule has 0 aliphatic carbocycles. The quantitative estimate of drug-likeness (QED) is 0.659. The van der Waals surface area contributed by atoms with Gasteiger partial charge in [-0.05, 0) is 72.5 Å². The molecule has 4 nitrogen and oxygen atoms in total. The van der Waals surface area contributed by atoms with Crippen molar-refractivity contribution in [3.05, 3.63) is 29.3 Å². The Balaban J connectivity index is 2.50. The first kappa shape index (κ1) is 24.4. The first-order valence-corrected chi connectivity index (χ1v) is 10.7. The molecule has 2 atom stereocenters. The highest BCUT2D eigenvalue weighted by Gasteiger charge is 2.52. The van der Waals surface area contributed by atoms with Gasteiger partial charge in [-0.2, -0.15) is 13.2 Å². The number of hydrogen-bond donors (Lipinski definition) is 0. The Labute approximate surface area is 174 Å². The standard InChI is InChI=1S/C20H31BF3NO3S/c1-13(25(9)29(26)17(2,3)4)14-10-15(20(22,23)24)12-16(11-14)21-27-18(5,6)19(7,8)28-21/h10-13H,1-9H3/t13-,29?/m1/s1. The predicted octanol–water partition coefficient (Wildman–Crippen LogP) is 4.46. The minimum atomic E-state index is -4.52. The highest BCUT2D eigenvalue weighted by atomic mass is 32.2. The van der Waals surface area contributed by atoms with E-state index in [0.717, 1.165) is 12.1 Å². The molecule has 0 aromatic heterocycles. The maximum Gasteiger partial charge on any atom is 0.494 e. The molecule has 0 N–H and O–H groups in total. The molecule has 0 amide bonds. The van der Waals surface area contributed by atoms with Gasteiger partial charge in [-0.25, -0.2) is 8.51 Å². The minimum Gasteiger partial charge on any atom is -0.399 e. The highest BCUT2D eigenvalue weighted by molar-refractivity contribution is 7.84. The van der Waals surface area contributed by atoms with E-state index in [4.69, 9.17) is 9.31 Å². The van der Waals surface area contributed by atoms with Gasteiger partial charge < -0.3 is 9.31 Å². The Morgan fingerprint density at radius 3 is 1.93 bits per heavy atom. The van der Waals surface area contributed by atoms with Crippen molar-refractivity contribution in [2.24, 2.45) is 0 Å². The summed E-state index contributed by atoms with van der Waals surface area (Å²) < 4.78 is 66.5. The summed E-state index contributed by atoms with van der Waals surface area (Å²) in [5.74, 6) is 0. The van der Waals surface area contributed by atoms with Crippen LogP contribution in [-0.4, -0.2) is 38.6 Å². The van der Waals surface area contributed by atoms with Gasteiger partial charge in [0.25, 0.3) is 0 Å². The Bertz CT molecular complexity index is 774. The summed E-state index contributed by atoms with van der Waals surface area (Å²) in [6, 6.07) is 3.33. The summed E-state index contributed by atoms with van der Waals surface area (Å²) in [6.07, 6.45) is -4.52. The molecule has 1 aromatic rings. The molecule has 0 saturated carbocycles. The van der Waals surface area contributed by atoms with Crippen molar-refractivity contribution in [1.29, 1.82) is 0 Å². The monoisotopic (exact) mass is 433 g/mol. The van der Waals surface area contributed by atoms with Crippen LogP contribution in [-0.2, 0) is 26.5 Å². The van der Waals surface area contributed by atoms with Gasteiger partial charge in [0.1, 0.15) is 0 Å². The second kappa shape index (κ2) is 7.66. The van der Waals surface area contributed by atoms with E-state index in [2.05, 4.69) is 0 Å². The lowest BCUT2D eigenvalue weighted by atomic mass is 9.77. The molecule has 1 aromatic carbocycles. The number of alkyl halides is 3. The molecule has 164 valence electrons. The maximum absolute atomic E-state index is 13.6. The van der Waals surface area contributed by atoms with Crippen molar-refractivity contribution >= 4 is 23.6 Å². The average molecular weight is 433 g/mol. The average Bonchev–Trinajstić information content (AvgIpc) is 2.78. The molecule has 1 heterocycles. The first-order valence-electron chi connectivity index (χ1n) is 9.59. The van der Waals surface area contributed by atoms with Gasteiger partial charge in [0.2, 0.25) is 0 Å². The van der Waals surface area contributed by atoms with E-state index in [-0.39, 0.29) is 0 Å². The summed E-state index contributed by atoms with van der Waals surface area (Å²) in [6.45, 7) is 14.6. The van der Waals surface area contributed by atoms with Crippen LogP contribution in [0.1, 0.15) is 72.6 Å². The number of nitrogens with zero attached hydrogens (tertiary/aromatic N) is 1. The topological polar surface area (TPSA) is 38.8 Å². The summed E-state index contributed by atoms with van der Waals surface area (Å²) in [4.78, 5) is 0. The van der Waals surface area contributed by atoms with E-state index >= 15 is 0 Å². The van der Waals surface area contributed by atoms with Gasteiger partial charge in [0.05, 0.1) is 32.5 Å². The van der Waals surface area contributed by atoms with Crippen molar-refractivity contribution in [1.82, 2.24) is 4.31 Å². The fraction of sp³-hybridized carbons (Fsp3) is 0.700. The van der Waals surface area contributed by atoms with E-state index in [1.165, 1.54) is 0 Å². The number of halogens is 3. The van der Waals surface area contributed by atoms with Crippen LogP contribution in [0.4, 0.5) is 13.2 Å². The zero-order valence-electron chi connectivity index (χ0n) is 18.6. The van der Waals surface area contributed by atoms with Crippen LogP contribution in [0.5, 0.6) is 0 Å². The molecule has 1 aliphatic heterocycles. The van der Waals surface area contributed by atoms with Gasteiger partial charge in [0, 0.05) is 13.1 Å². The summed E-state index contributed by atoms with van der Waals surface area (Å²) in [5, 5.41) is 0. The molecular weight excluding hydrogens is 402 g/mol. The van der Waals surface area contributed by atoms with Crippen LogP contribution in [0.3, 0.4) is 0 Å². The molecule has 29 heavy (non-hydrogen) atoms. The molecule has 9 heteroatoms. The maximum atomic E-state index is 13.6. The molecule has 0 bridgehead atoms. The largest absolute Gasteiger partial charge is 0.494 e.